The number of aromatic nitrogens is 4. The average molecular weight is 339 g/mol. The minimum atomic E-state index is -4.52. The minimum absolute atomic E-state index is 0.0374. The van der Waals surface area contributed by atoms with Crippen molar-refractivity contribution >= 4 is 5.95 Å². The van der Waals surface area contributed by atoms with Gasteiger partial charge in [0.2, 0.25) is 5.95 Å². The Morgan fingerprint density at radius 3 is 2.54 bits per heavy atom. The Labute approximate surface area is 138 Å². The fourth-order valence-electron chi connectivity index (χ4n) is 3.06. The lowest BCUT2D eigenvalue weighted by Gasteiger charge is -2.15. The van der Waals surface area contributed by atoms with Gasteiger partial charge in [-0.05, 0) is 32.8 Å². The summed E-state index contributed by atoms with van der Waals surface area (Å²) in [5.41, 5.74) is 0.696. The van der Waals surface area contributed by atoms with Gasteiger partial charge in [-0.1, -0.05) is 12.8 Å². The number of hydrogen-bond donors (Lipinski definition) is 1. The molecule has 2 heterocycles. The van der Waals surface area contributed by atoms with E-state index < -0.39 is 11.9 Å². The van der Waals surface area contributed by atoms with E-state index in [1.165, 1.54) is 0 Å². The van der Waals surface area contributed by atoms with Crippen LogP contribution in [0.1, 0.15) is 44.0 Å². The van der Waals surface area contributed by atoms with E-state index in [1.54, 1.807) is 10.9 Å². The maximum Gasteiger partial charge on any atom is 0.433 e. The van der Waals surface area contributed by atoms with Crippen molar-refractivity contribution in [2.45, 2.75) is 58.3 Å². The van der Waals surface area contributed by atoms with Crippen molar-refractivity contribution < 1.29 is 13.2 Å². The Bertz CT molecular complexity index is 717. The van der Waals surface area contributed by atoms with E-state index in [1.807, 2.05) is 13.8 Å². The fourth-order valence-corrected chi connectivity index (χ4v) is 3.06. The van der Waals surface area contributed by atoms with Crippen LogP contribution in [0.3, 0.4) is 0 Å². The van der Waals surface area contributed by atoms with Crippen molar-refractivity contribution in [2.24, 2.45) is 0 Å². The van der Waals surface area contributed by atoms with Crippen molar-refractivity contribution in [1.82, 2.24) is 19.7 Å². The summed E-state index contributed by atoms with van der Waals surface area (Å²) >= 11 is 0. The first-order valence-electron chi connectivity index (χ1n) is 8.14. The maximum absolute atomic E-state index is 13.2. The van der Waals surface area contributed by atoms with Gasteiger partial charge in [-0.25, -0.2) is 9.97 Å². The number of alkyl halides is 3. The van der Waals surface area contributed by atoms with Gasteiger partial charge in [-0.3, -0.25) is 4.68 Å². The molecule has 0 atom stereocenters. The molecule has 130 valence electrons. The van der Waals surface area contributed by atoms with Gasteiger partial charge in [-0.2, -0.15) is 18.3 Å². The summed E-state index contributed by atoms with van der Waals surface area (Å²) in [4.78, 5) is 7.99. The number of nitrogens with zero attached hydrogens (tertiary/aromatic N) is 4. The average Bonchev–Trinajstić information content (AvgIpc) is 3.15. The molecular formula is C16H20F3N5. The summed E-state index contributed by atoms with van der Waals surface area (Å²) in [5.74, 6) is 0.0374. The first-order chi connectivity index (χ1) is 11.4. The summed E-state index contributed by atoms with van der Waals surface area (Å²) < 4.78 is 41.4. The monoisotopic (exact) mass is 339 g/mol. The van der Waals surface area contributed by atoms with E-state index in [9.17, 15) is 13.2 Å². The Kier molecular flexibility index (Phi) is 4.47. The van der Waals surface area contributed by atoms with Crippen molar-refractivity contribution in [3.05, 3.63) is 23.7 Å². The van der Waals surface area contributed by atoms with E-state index in [0.29, 0.717) is 12.1 Å². The summed E-state index contributed by atoms with van der Waals surface area (Å²) in [5, 5.41) is 7.24. The van der Waals surface area contributed by atoms with E-state index in [0.717, 1.165) is 37.4 Å². The lowest BCUT2D eigenvalue weighted by molar-refractivity contribution is -0.141. The van der Waals surface area contributed by atoms with Crippen LogP contribution in [0, 0.1) is 6.92 Å². The molecular weight excluding hydrogens is 319 g/mol. The summed E-state index contributed by atoms with van der Waals surface area (Å²) in [6.07, 6.45) is 1.06. The highest BCUT2D eigenvalue weighted by atomic mass is 19.4. The number of halogens is 3. The third-order valence-electron chi connectivity index (χ3n) is 4.38. The SMILES string of the molecule is CCn1ncc(-c2cc(C(F)(F)F)nc(NC3CCCC3)n2)c1C. The van der Waals surface area contributed by atoms with Crippen molar-refractivity contribution in [3.63, 3.8) is 0 Å². The smallest absolute Gasteiger partial charge is 0.351 e. The molecule has 0 radical (unpaired) electrons. The molecule has 1 N–H and O–H groups in total. The number of anilines is 1. The molecule has 0 aromatic carbocycles. The predicted octanol–water partition coefficient (Wildman–Crippen LogP) is 4.04. The van der Waals surface area contributed by atoms with Gasteiger partial charge in [0.1, 0.15) is 0 Å². The summed E-state index contributed by atoms with van der Waals surface area (Å²) in [6, 6.07) is 1.13. The van der Waals surface area contributed by atoms with Gasteiger partial charge < -0.3 is 5.32 Å². The lowest BCUT2D eigenvalue weighted by atomic mass is 10.1. The van der Waals surface area contributed by atoms with Gasteiger partial charge in [0.15, 0.2) is 5.69 Å². The topological polar surface area (TPSA) is 55.6 Å². The van der Waals surface area contributed by atoms with Crippen molar-refractivity contribution in [3.8, 4) is 11.3 Å². The molecule has 1 aliphatic rings. The molecule has 3 rings (SSSR count). The van der Waals surface area contributed by atoms with Crippen LogP contribution < -0.4 is 5.32 Å². The molecule has 0 unspecified atom stereocenters. The van der Waals surface area contributed by atoms with Gasteiger partial charge in [0.25, 0.3) is 0 Å². The highest BCUT2D eigenvalue weighted by Crippen LogP contribution is 2.32. The van der Waals surface area contributed by atoms with Crippen LogP contribution in [0.15, 0.2) is 12.3 Å². The number of hydrogen-bond acceptors (Lipinski definition) is 4. The van der Waals surface area contributed by atoms with Gasteiger partial charge in [0.05, 0.1) is 11.9 Å². The van der Waals surface area contributed by atoms with Gasteiger partial charge in [-0.15, -0.1) is 0 Å². The molecule has 0 saturated heterocycles. The zero-order valence-electron chi connectivity index (χ0n) is 13.7. The van der Waals surface area contributed by atoms with E-state index in [-0.39, 0.29) is 17.7 Å². The molecule has 24 heavy (non-hydrogen) atoms. The predicted molar refractivity (Wildman–Crippen MR) is 84.5 cm³/mol. The molecule has 1 aliphatic carbocycles. The third kappa shape index (κ3) is 3.37. The van der Waals surface area contributed by atoms with E-state index in [2.05, 4.69) is 20.4 Å². The highest BCUT2D eigenvalue weighted by molar-refractivity contribution is 5.63. The Balaban J connectivity index is 2.02. The molecule has 1 saturated carbocycles. The molecule has 0 spiro atoms. The van der Waals surface area contributed by atoms with E-state index >= 15 is 0 Å². The number of aryl methyl sites for hydroxylation is 1. The Hall–Kier alpha value is -2.12. The van der Waals surface area contributed by atoms with Crippen LogP contribution in [-0.2, 0) is 12.7 Å². The minimum Gasteiger partial charge on any atom is -0.351 e. The van der Waals surface area contributed by atoms with Gasteiger partial charge >= 0.3 is 6.18 Å². The molecule has 2 aromatic rings. The maximum atomic E-state index is 13.2. The second-order valence-electron chi connectivity index (χ2n) is 6.04. The summed E-state index contributed by atoms with van der Waals surface area (Å²) in [6.45, 7) is 4.40. The largest absolute Gasteiger partial charge is 0.433 e. The summed E-state index contributed by atoms with van der Waals surface area (Å²) in [7, 11) is 0. The molecule has 0 amide bonds. The van der Waals surface area contributed by atoms with Crippen LogP contribution in [0.2, 0.25) is 0 Å². The van der Waals surface area contributed by atoms with Crippen LogP contribution in [0.5, 0.6) is 0 Å². The third-order valence-corrected chi connectivity index (χ3v) is 4.38. The van der Waals surface area contributed by atoms with Crippen molar-refractivity contribution in [1.29, 1.82) is 0 Å². The first-order valence-corrected chi connectivity index (χ1v) is 8.14. The second kappa shape index (κ2) is 6.41. The normalized spacial score (nSPS) is 15.9. The molecule has 1 fully saturated rings. The number of nitrogens with one attached hydrogen (secondary N) is 1. The Morgan fingerprint density at radius 2 is 1.96 bits per heavy atom. The van der Waals surface area contributed by atoms with Crippen LogP contribution in [0.4, 0.5) is 19.1 Å². The molecule has 2 aromatic heterocycles. The molecule has 0 bridgehead atoms. The van der Waals surface area contributed by atoms with Crippen molar-refractivity contribution in [2.75, 3.05) is 5.32 Å². The molecule has 8 heteroatoms. The number of rotatable bonds is 4. The lowest BCUT2D eigenvalue weighted by Crippen LogP contribution is -2.19. The fraction of sp³-hybridized carbons (Fsp3) is 0.562. The quantitative estimate of drug-likeness (QED) is 0.913. The van der Waals surface area contributed by atoms with Crippen LogP contribution >= 0.6 is 0 Å². The zero-order chi connectivity index (χ0) is 17.3. The molecule has 5 nitrogen and oxygen atoms in total. The Morgan fingerprint density at radius 1 is 1.25 bits per heavy atom. The molecule has 0 aliphatic heterocycles. The van der Waals surface area contributed by atoms with Gasteiger partial charge in [0, 0.05) is 23.8 Å². The van der Waals surface area contributed by atoms with Crippen LogP contribution in [0.25, 0.3) is 11.3 Å². The first kappa shape index (κ1) is 16.7. The van der Waals surface area contributed by atoms with Crippen LogP contribution in [-0.4, -0.2) is 25.8 Å². The standard InChI is InChI=1S/C16H20F3N5/c1-3-24-10(2)12(9-20-24)13-8-14(16(17,18)19)23-15(22-13)21-11-6-4-5-7-11/h8-9,11H,3-7H2,1-2H3,(H,21,22,23). The van der Waals surface area contributed by atoms with E-state index in [4.69, 9.17) is 0 Å². The second-order valence-corrected chi connectivity index (χ2v) is 6.04. The zero-order valence-corrected chi connectivity index (χ0v) is 13.7. The highest BCUT2D eigenvalue weighted by Gasteiger charge is 2.34.